The molecule has 0 fully saturated rings. The molecule has 6 unspecified atom stereocenters. The highest BCUT2D eigenvalue weighted by Crippen LogP contribution is 2.13. The number of ether oxygens (including phenoxy) is 12. The van der Waals surface area contributed by atoms with E-state index in [4.69, 9.17) is 62.1 Å². The van der Waals surface area contributed by atoms with Crippen LogP contribution in [0.5, 0.6) is 0 Å². The normalized spacial score (nSPS) is 12.9. The summed E-state index contributed by atoms with van der Waals surface area (Å²) in [7, 11) is 0. The molecule has 0 saturated carbocycles. The molecule has 30 nitrogen and oxygen atoms in total. The minimum atomic E-state index is -0.602. The van der Waals surface area contributed by atoms with Gasteiger partial charge in [0.25, 0.3) is 0 Å². The van der Waals surface area contributed by atoms with Crippen LogP contribution in [0.2, 0.25) is 0 Å². The maximum absolute atomic E-state index is 13.2. The molecule has 0 rings (SSSR count). The lowest BCUT2D eigenvalue weighted by molar-refractivity contribution is -0.154. The Hall–Kier alpha value is -4.97. The number of hydrogen-bond acceptors (Lipinski definition) is 36. The molecule has 1 N–H and O–H groups in total. The van der Waals surface area contributed by atoms with Gasteiger partial charge in [0.1, 0.15) is 84.7 Å². The van der Waals surface area contributed by atoms with Gasteiger partial charge in [0.15, 0.2) is 0 Å². The van der Waals surface area contributed by atoms with E-state index >= 15 is 0 Å². The zero-order valence-corrected chi connectivity index (χ0v) is 67.7. The summed E-state index contributed by atoms with van der Waals surface area (Å²) in [4.78, 5) is 161. The first-order valence-corrected chi connectivity index (χ1v) is 42.8. The average Bonchev–Trinajstić information content (AvgIpc) is 1.11. The molecule has 0 aliphatic rings. The van der Waals surface area contributed by atoms with Crippen LogP contribution in [0.3, 0.4) is 0 Å². The van der Waals surface area contributed by atoms with Crippen LogP contribution in [0.25, 0.3) is 0 Å². The lowest BCUT2D eigenvalue weighted by atomic mass is 10.2. The third-order valence-corrected chi connectivity index (χ3v) is 19.9. The number of esters is 12. The quantitative estimate of drug-likeness (QED) is 0.0379. The van der Waals surface area contributed by atoms with E-state index in [1.807, 2.05) is 56.3 Å². The summed E-state index contributed by atoms with van der Waals surface area (Å²) in [5, 5.41) is 14.2. The Morgan fingerprint density at radius 3 is 0.635 bits per heavy atom. The molecule has 0 heterocycles. The summed E-state index contributed by atoms with van der Waals surface area (Å²) >= 11 is 8.43. The topological polar surface area (TPSA) is 364 Å². The van der Waals surface area contributed by atoms with Gasteiger partial charge < -0.3 is 81.8 Å². The molecule has 0 amide bonds. The van der Waals surface area contributed by atoms with Crippen molar-refractivity contribution in [3.8, 4) is 5.40 Å². The zero-order chi connectivity index (χ0) is 77.7. The maximum Gasteiger partial charge on any atom is 0.309 e. The Balaban J connectivity index is 6.73. The fourth-order valence-electron chi connectivity index (χ4n) is 8.90. The first kappa shape index (κ1) is 99.0. The van der Waals surface area contributed by atoms with Crippen LogP contribution in [0, 0.1) is 46.2 Å². The highest BCUT2D eigenvalue weighted by atomic mass is 32.2. The number of hydrogen-bond donors (Lipinski definition) is 1. The minimum absolute atomic E-state index is 0.0570. The second kappa shape index (κ2) is 65.1. The smallest absolute Gasteiger partial charge is 0.309 e. The predicted molar refractivity (Wildman–Crippen MR) is 403 cm³/mol. The van der Waals surface area contributed by atoms with E-state index in [0.29, 0.717) is 68.0 Å². The number of nitrogens with zero attached hydrogens (tertiary/aromatic N) is 5. The molecule has 0 aromatic rings. The van der Waals surface area contributed by atoms with Gasteiger partial charge in [0, 0.05) is 126 Å². The number of rotatable bonds is 66. The minimum Gasteiger partial charge on any atom is -0.462 e. The molecule has 104 heavy (non-hydrogen) atoms. The molecule has 0 saturated heterocycles. The van der Waals surface area contributed by atoms with Crippen molar-refractivity contribution in [1.29, 1.82) is 5.26 Å². The molecule has 598 valence electrons. The number of carbonyl (C=O) groups excluding carboxylic acids is 12. The Kier molecular flexibility index (Phi) is 62.0. The third kappa shape index (κ3) is 54.6. The largest absolute Gasteiger partial charge is 0.462 e. The van der Waals surface area contributed by atoms with E-state index in [2.05, 4.69) is 5.32 Å². The third-order valence-electron chi connectivity index (χ3n) is 14.9. The lowest BCUT2D eigenvalue weighted by Crippen LogP contribution is -2.43. The molecule has 0 spiro atoms. The van der Waals surface area contributed by atoms with Crippen LogP contribution in [0.15, 0.2) is 0 Å². The molecule has 0 aliphatic heterocycles. The van der Waals surface area contributed by atoms with Crippen molar-refractivity contribution in [3.05, 3.63) is 0 Å². The van der Waals surface area contributed by atoms with Gasteiger partial charge in [-0.1, -0.05) is 41.5 Å². The summed E-state index contributed by atoms with van der Waals surface area (Å²) in [6, 6.07) is 0. The summed E-state index contributed by atoms with van der Waals surface area (Å²) in [6.07, 6.45) is 8.86. The van der Waals surface area contributed by atoms with E-state index in [1.54, 1.807) is 41.5 Å². The average molecular weight is 1590 g/mol. The second-order valence-corrected chi connectivity index (χ2v) is 29.4. The monoisotopic (exact) mass is 1590 g/mol. The zero-order valence-electron chi connectivity index (χ0n) is 62.8. The first-order chi connectivity index (χ1) is 49.8. The lowest BCUT2D eigenvalue weighted by Gasteiger charge is -2.28. The molecule has 0 radical (unpaired) electrons. The van der Waals surface area contributed by atoms with E-state index in [9.17, 15) is 57.5 Å². The number of thiocyanates is 1. The van der Waals surface area contributed by atoms with Crippen molar-refractivity contribution in [3.63, 3.8) is 0 Å². The van der Waals surface area contributed by atoms with Crippen molar-refractivity contribution < 1.29 is 114 Å². The van der Waals surface area contributed by atoms with Crippen molar-refractivity contribution in [2.24, 2.45) is 35.5 Å². The Bertz CT molecular complexity index is 2470. The summed E-state index contributed by atoms with van der Waals surface area (Å²) in [6.45, 7) is 12.1. The summed E-state index contributed by atoms with van der Waals surface area (Å²) in [5.74, 6) is -5.16. The van der Waals surface area contributed by atoms with Gasteiger partial charge in [-0.15, -0.1) is 0 Å². The molecular weight excluding hydrogens is 1480 g/mol. The molecular formula is C68H116N6O24S6. The number of thioether (sulfide) groups is 6. The predicted octanol–water partition coefficient (Wildman–Crippen LogP) is 4.49. The van der Waals surface area contributed by atoms with Crippen LogP contribution >= 0.6 is 70.6 Å². The van der Waals surface area contributed by atoms with Gasteiger partial charge in [-0.2, -0.15) is 64.1 Å². The van der Waals surface area contributed by atoms with Crippen molar-refractivity contribution in [2.75, 3.05) is 237 Å². The molecule has 36 heteroatoms. The van der Waals surface area contributed by atoms with Crippen molar-refractivity contribution in [2.45, 2.75) is 80.1 Å². The number of nitriles is 1. The molecule has 0 bridgehead atoms. The van der Waals surface area contributed by atoms with E-state index < -0.39 is 77.5 Å². The molecule has 0 aromatic carbocycles. The highest BCUT2D eigenvalue weighted by molar-refractivity contribution is 8.03. The highest BCUT2D eigenvalue weighted by Gasteiger charge is 2.23. The Morgan fingerprint density at radius 1 is 0.279 bits per heavy atom. The van der Waals surface area contributed by atoms with Crippen LogP contribution in [0.1, 0.15) is 80.1 Å². The van der Waals surface area contributed by atoms with E-state index in [-0.39, 0.29) is 206 Å². The molecule has 6 atom stereocenters. The van der Waals surface area contributed by atoms with Crippen molar-refractivity contribution in [1.82, 2.24) is 24.9 Å². The standard InChI is InChI=1S/C68H116N6O24S6/c1-51(44-99-7)63(81)93-38-32-87-57(75)12-20-71(21-13-58(76)88-33-39-94-64(82)52(2)45-100-8)28-30-73(24-16-61(79)91-35-41-96-66(84)54(4)47-102-10)26-18-70-19-27-74(25-17-62(80)92-36-42-97-67(85)55(5)48-103-11)31-29-72(22-14-59(77)89-34-40-95-65(83)53(3)46-101-9)23-15-60(78)90-37-43-98-68(86)56(6)49-104-50-69/h51-56,70H,12-49H2,1-11H3. The molecule has 0 aliphatic carbocycles. The van der Waals surface area contributed by atoms with Gasteiger partial charge in [0.2, 0.25) is 0 Å². The number of nitrogens with one attached hydrogen (secondary N) is 1. The summed E-state index contributed by atoms with van der Waals surface area (Å²) in [5.41, 5.74) is 0. The van der Waals surface area contributed by atoms with Gasteiger partial charge in [-0.05, 0) is 43.0 Å². The van der Waals surface area contributed by atoms with Crippen LogP contribution < -0.4 is 5.32 Å². The van der Waals surface area contributed by atoms with Gasteiger partial charge in [0.05, 0.1) is 74.0 Å². The number of carbonyl (C=O) groups is 12. The Morgan fingerprint density at radius 2 is 0.452 bits per heavy atom. The second-order valence-electron chi connectivity index (χ2n) is 24.0. The molecule has 0 aromatic heterocycles. The Labute approximate surface area is 640 Å². The van der Waals surface area contributed by atoms with Crippen molar-refractivity contribution >= 4 is 142 Å². The summed E-state index contributed by atoms with van der Waals surface area (Å²) < 4.78 is 64.1. The van der Waals surface area contributed by atoms with E-state index in [0.717, 1.165) is 11.8 Å². The SMILES string of the molecule is CSCC(C)C(=O)OCCOC(=O)CCN(CCNCCN(CCC(=O)OCCOC(=O)C(C)CSC)CCN(CCC(=O)OCCOC(=O)C(C)CSC)CCC(=O)OCCOC(=O)C(C)CSC#N)CCN(CCC(=O)OCCOC(=O)C(C)CSC)CCC(=O)OCCOC(=O)C(C)CSC. The fourth-order valence-corrected chi connectivity index (χ4v) is 12.5. The van der Waals surface area contributed by atoms with Gasteiger partial charge >= 0.3 is 71.6 Å². The van der Waals surface area contributed by atoms with Crippen LogP contribution in [0.4, 0.5) is 0 Å². The van der Waals surface area contributed by atoms with Crippen LogP contribution in [-0.4, -0.2) is 328 Å². The van der Waals surface area contributed by atoms with E-state index in [1.165, 1.54) is 58.8 Å². The van der Waals surface area contributed by atoms with Gasteiger partial charge in [-0.25, -0.2) is 0 Å². The van der Waals surface area contributed by atoms with Crippen LogP contribution in [-0.2, 0) is 114 Å². The maximum atomic E-state index is 13.2. The first-order valence-electron chi connectivity index (χ1n) is 34.8. The van der Waals surface area contributed by atoms with Gasteiger partial charge in [-0.3, -0.25) is 57.5 Å². The fraction of sp³-hybridized carbons (Fsp3) is 0.809.